The number of aromatic nitrogens is 3. The summed E-state index contributed by atoms with van der Waals surface area (Å²) in [6, 6.07) is 9.20. The van der Waals surface area contributed by atoms with Crippen LogP contribution in [0.15, 0.2) is 48.9 Å². The van der Waals surface area contributed by atoms with E-state index in [4.69, 9.17) is 0 Å². The Hall–Kier alpha value is -2.89. The lowest BCUT2D eigenvalue weighted by Crippen LogP contribution is -2.20. The first kappa shape index (κ1) is 13.1. The summed E-state index contributed by atoms with van der Waals surface area (Å²) in [6.07, 6.45) is 5.13. The van der Waals surface area contributed by atoms with Crippen molar-refractivity contribution in [3.8, 4) is 0 Å². The molecule has 0 saturated carbocycles. The maximum atomic E-state index is 11.6. The molecular weight excluding hydrogens is 268 g/mol. The predicted octanol–water partition coefficient (Wildman–Crippen LogP) is 2.06. The molecule has 0 aliphatic rings. The van der Waals surface area contributed by atoms with E-state index in [1.165, 1.54) is 0 Å². The van der Waals surface area contributed by atoms with E-state index in [0.717, 1.165) is 5.56 Å². The molecular formula is C15H14N4O2. The van der Waals surface area contributed by atoms with Crippen LogP contribution in [-0.4, -0.2) is 32.5 Å². The second-order valence-electron chi connectivity index (χ2n) is 4.73. The average molecular weight is 282 g/mol. The number of hydrogen-bond donors (Lipinski definition) is 1. The molecule has 6 nitrogen and oxygen atoms in total. The number of hydrogen-bond acceptors (Lipinski definition) is 4. The van der Waals surface area contributed by atoms with Gasteiger partial charge in [0.15, 0.2) is 11.5 Å². The second-order valence-corrected chi connectivity index (χ2v) is 4.73. The number of rotatable bonds is 4. The molecule has 0 aromatic carbocycles. The van der Waals surface area contributed by atoms with E-state index >= 15 is 0 Å². The SMILES string of the molecule is CN(Cc1ccncc1)c1nc2ccccn2c1C(=O)O. The first-order valence-corrected chi connectivity index (χ1v) is 6.47. The fraction of sp³-hybridized carbons (Fsp3) is 0.133. The Morgan fingerprint density at radius 2 is 2.05 bits per heavy atom. The van der Waals surface area contributed by atoms with Gasteiger partial charge in [0, 0.05) is 32.2 Å². The number of pyridine rings is 2. The van der Waals surface area contributed by atoms with Crippen LogP contribution in [0.5, 0.6) is 0 Å². The van der Waals surface area contributed by atoms with Crippen LogP contribution in [0.25, 0.3) is 5.65 Å². The molecule has 0 aliphatic heterocycles. The lowest BCUT2D eigenvalue weighted by molar-refractivity contribution is 0.0690. The number of carboxylic acid groups (broad SMARTS) is 1. The lowest BCUT2D eigenvalue weighted by atomic mass is 10.2. The number of fused-ring (bicyclic) bond motifs is 1. The quantitative estimate of drug-likeness (QED) is 0.793. The van der Waals surface area contributed by atoms with Crippen LogP contribution in [0.4, 0.5) is 5.82 Å². The van der Waals surface area contributed by atoms with Crippen molar-refractivity contribution in [1.29, 1.82) is 0 Å². The summed E-state index contributed by atoms with van der Waals surface area (Å²) in [5.74, 6) is -0.546. The van der Waals surface area contributed by atoms with Crippen molar-refractivity contribution in [1.82, 2.24) is 14.4 Å². The van der Waals surface area contributed by atoms with E-state index in [9.17, 15) is 9.90 Å². The van der Waals surface area contributed by atoms with Gasteiger partial charge in [0.2, 0.25) is 0 Å². The maximum absolute atomic E-state index is 11.6. The minimum Gasteiger partial charge on any atom is -0.476 e. The van der Waals surface area contributed by atoms with E-state index in [2.05, 4.69) is 9.97 Å². The molecule has 0 radical (unpaired) electrons. The molecule has 0 bridgehead atoms. The van der Waals surface area contributed by atoms with Gasteiger partial charge in [-0.05, 0) is 29.8 Å². The van der Waals surface area contributed by atoms with Crippen LogP contribution in [0.1, 0.15) is 16.1 Å². The Bertz CT molecular complexity index is 783. The van der Waals surface area contributed by atoms with Gasteiger partial charge in [-0.2, -0.15) is 0 Å². The van der Waals surface area contributed by atoms with Gasteiger partial charge in [-0.3, -0.25) is 9.38 Å². The molecule has 3 heterocycles. The molecule has 3 rings (SSSR count). The van der Waals surface area contributed by atoms with Gasteiger partial charge >= 0.3 is 5.97 Å². The third-order valence-corrected chi connectivity index (χ3v) is 3.24. The first-order valence-electron chi connectivity index (χ1n) is 6.47. The van der Waals surface area contributed by atoms with Crippen LogP contribution in [0, 0.1) is 0 Å². The lowest BCUT2D eigenvalue weighted by Gasteiger charge is -2.17. The van der Waals surface area contributed by atoms with E-state index in [1.807, 2.05) is 30.1 Å². The molecule has 0 unspecified atom stereocenters. The van der Waals surface area contributed by atoms with Crippen molar-refractivity contribution >= 4 is 17.4 Å². The molecule has 0 atom stereocenters. The Balaban J connectivity index is 2.03. The van der Waals surface area contributed by atoms with Crippen molar-refractivity contribution in [3.05, 3.63) is 60.2 Å². The van der Waals surface area contributed by atoms with E-state index < -0.39 is 5.97 Å². The average Bonchev–Trinajstić information content (AvgIpc) is 2.88. The highest BCUT2D eigenvalue weighted by Crippen LogP contribution is 2.22. The summed E-state index contributed by atoms with van der Waals surface area (Å²) in [4.78, 5) is 21.8. The first-order chi connectivity index (χ1) is 10.2. The summed E-state index contributed by atoms with van der Waals surface area (Å²) in [5.41, 5.74) is 1.83. The molecule has 3 aromatic rings. The third kappa shape index (κ3) is 2.43. The number of carbonyl (C=O) groups is 1. The highest BCUT2D eigenvalue weighted by molar-refractivity contribution is 5.93. The van der Waals surface area contributed by atoms with Crippen LogP contribution in [0.2, 0.25) is 0 Å². The molecule has 106 valence electrons. The molecule has 0 saturated heterocycles. The summed E-state index contributed by atoms with van der Waals surface area (Å²) in [7, 11) is 1.83. The zero-order valence-electron chi connectivity index (χ0n) is 11.5. The molecule has 3 aromatic heterocycles. The van der Waals surface area contributed by atoms with Gasteiger partial charge in [0.25, 0.3) is 0 Å². The van der Waals surface area contributed by atoms with Crippen molar-refractivity contribution in [2.45, 2.75) is 6.54 Å². The number of anilines is 1. The predicted molar refractivity (Wildman–Crippen MR) is 78.5 cm³/mol. The topological polar surface area (TPSA) is 70.7 Å². The van der Waals surface area contributed by atoms with Crippen LogP contribution < -0.4 is 4.90 Å². The van der Waals surface area contributed by atoms with Crippen molar-refractivity contribution in [2.75, 3.05) is 11.9 Å². The number of nitrogens with zero attached hydrogens (tertiary/aromatic N) is 4. The smallest absolute Gasteiger partial charge is 0.356 e. The number of aromatic carboxylic acids is 1. The van der Waals surface area contributed by atoms with Gasteiger partial charge in [0.1, 0.15) is 5.65 Å². The van der Waals surface area contributed by atoms with Gasteiger partial charge in [0.05, 0.1) is 0 Å². The van der Waals surface area contributed by atoms with Gasteiger partial charge in [-0.1, -0.05) is 6.07 Å². The Morgan fingerprint density at radius 3 is 2.76 bits per heavy atom. The maximum Gasteiger partial charge on any atom is 0.356 e. The molecule has 0 aliphatic carbocycles. The van der Waals surface area contributed by atoms with Crippen molar-refractivity contribution in [3.63, 3.8) is 0 Å². The minimum atomic E-state index is -0.995. The highest BCUT2D eigenvalue weighted by atomic mass is 16.4. The summed E-state index contributed by atoms with van der Waals surface area (Å²) in [5, 5.41) is 9.47. The van der Waals surface area contributed by atoms with Crippen LogP contribution >= 0.6 is 0 Å². The zero-order valence-corrected chi connectivity index (χ0v) is 11.5. The van der Waals surface area contributed by atoms with Crippen molar-refractivity contribution in [2.24, 2.45) is 0 Å². The number of carboxylic acids is 1. The van der Waals surface area contributed by atoms with Gasteiger partial charge in [-0.15, -0.1) is 0 Å². The largest absolute Gasteiger partial charge is 0.476 e. The molecule has 1 N–H and O–H groups in total. The molecule has 0 amide bonds. The zero-order chi connectivity index (χ0) is 14.8. The summed E-state index contributed by atoms with van der Waals surface area (Å²) in [6.45, 7) is 0.562. The van der Waals surface area contributed by atoms with Crippen molar-refractivity contribution < 1.29 is 9.90 Å². The van der Waals surface area contributed by atoms with Crippen LogP contribution in [-0.2, 0) is 6.54 Å². The normalized spacial score (nSPS) is 10.7. The fourth-order valence-corrected chi connectivity index (χ4v) is 2.29. The molecule has 6 heteroatoms. The Labute approximate surface area is 121 Å². The fourth-order valence-electron chi connectivity index (χ4n) is 2.29. The summed E-state index contributed by atoms with van der Waals surface area (Å²) >= 11 is 0. The molecule has 0 fully saturated rings. The Morgan fingerprint density at radius 1 is 1.29 bits per heavy atom. The standard InChI is InChI=1S/C15H14N4O2/c1-18(10-11-5-7-16-8-6-11)14-13(15(20)21)19-9-3-2-4-12(19)17-14/h2-9H,10H2,1H3,(H,20,21). The minimum absolute atomic E-state index is 0.169. The summed E-state index contributed by atoms with van der Waals surface area (Å²) < 4.78 is 1.58. The van der Waals surface area contributed by atoms with Crippen LogP contribution in [0.3, 0.4) is 0 Å². The number of imidazole rings is 1. The highest BCUT2D eigenvalue weighted by Gasteiger charge is 2.21. The van der Waals surface area contributed by atoms with E-state index in [-0.39, 0.29) is 5.69 Å². The van der Waals surface area contributed by atoms with Gasteiger partial charge < -0.3 is 10.0 Å². The molecule has 0 spiro atoms. The van der Waals surface area contributed by atoms with Gasteiger partial charge in [-0.25, -0.2) is 9.78 Å². The monoisotopic (exact) mass is 282 g/mol. The van der Waals surface area contributed by atoms with E-state index in [1.54, 1.807) is 35.1 Å². The Kier molecular flexibility index (Phi) is 3.27. The molecule has 21 heavy (non-hydrogen) atoms. The van der Waals surface area contributed by atoms with E-state index in [0.29, 0.717) is 18.0 Å². The second kappa shape index (κ2) is 5.24. The third-order valence-electron chi connectivity index (χ3n) is 3.24.